The molecule has 1 aromatic heterocycles. The van der Waals surface area contributed by atoms with Crippen LogP contribution in [-0.4, -0.2) is 4.98 Å². The Bertz CT molecular complexity index is 752. The van der Waals surface area contributed by atoms with Crippen molar-refractivity contribution in [3.05, 3.63) is 77.7 Å². The molecule has 0 radical (unpaired) electrons. The minimum Gasteiger partial charge on any atom is -0.271 e. The third-order valence-corrected chi connectivity index (χ3v) is 3.62. The molecule has 1 heterocycles. The number of fused-ring (bicyclic) bond motifs is 1. The van der Waals surface area contributed by atoms with Crippen LogP contribution in [0.2, 0.25) is 0 Å². The van der Waals surface area contributed by atoms with Gasteiger partial charge in [-0.3, -0.25) is 16.3 Å². The third-order valence-electron chi connectivity index (χ3n) is 3.62. The molecule has 3 N–H and O–H groups in total. The predicted molar refractivity (Wildman–Crippen MR) is 81.9 cm³/mol. The van der Waals surface area contributed by atoms with E-state index in [0.717, 1.165) is 22.0 Å². The molecule has 1 atom stereocenters. The maximum absolute atomic E-state index is 13.4. The van der Waals surface area contributed by atoms with Crippen molar-refractivity contribution in [2.24, 2.45) is 5.84 Å². The molecule has 2 aromatic carbocycles. The Morgan fingerprint density at radius 3 is 2.76 bits per heavy atom. The monoisotopic (exact) mass is 281 g/mol. The Hall–Kier alpha value is -2.30. The average molecular weight is 281 g/mol. The number of nitrogens with one attached hydrogen (secondary N) is 1. The van der Waals surface area contributed by atoms with Crippen LogP contribution in [0.25, 0.3) is 10.9 Å². The van der Waals surface area contributed by atoms with Gasteiger partial charge in [0.05, 0.1) is 11.6 Å². The topological polar surface area (TPSA) is 50.9 Å². The number of aromatic nitrogens is 1. The standard InChI is InChI=1S/C17H16FN3/c18-14-5-3-4-13(10-14)17(21-19)11-12-8-9-20-16-7-2-1-6-15(12)16/h1-10,17,21H,11,19H2. The molecule has 1 unspecified atom stereocenters. The molecule has 0 saturated heterocycles. The lowest BCUT2D eigenvalue weighted by atomic mass is 9.97. The third kappa shape index (κ3) is 2.91. The summed E-state index contributed by atoms with van der Waals surface area (Å²) in [4.78, 5) is 4.35. The van der Waals surface area contributed by atoms with Gasteiger partial charge in [0, 0.05) is 11.6 Å². The van der Waals surface area contributed by atoms with Gasteiger partial charge in [-0.2, -0.15) is 0 Å². The Kier molecular flexibility index (Phi) is 3.90. The lowest BCUT2D eigenvalue weighted by molar-refractivity contribution is 0.546. The molecule has 0 saturated carbocycles. The largest absolute Gasteiger partial charge is 0.271 e. The van der Waals surface area contributed by atoms with Crippen LogP contribution in [0, 0.1) is 5.82 Å². The lowest BCUT2D eigenvalue weighted by Crippen LogP contribution is -2.29. The van der Waals surface area contributed by atoms with E-state index in [-0.39, 0.29) is 11.9 Å². The highest BCUT2D eigenvalue weighted by molar-refractivity contribution is 5.81. The fourth-order valence-corrected chi connectivity index (χ4v) is 2.55. The van der Waals surface area contributed by atoms with Crippen LogP contribution in [0.15, 0.2) is 60.8 Å². The zero-order valence-corrected chi connectivity index (χ0v) is 11.5. The van der Waals surface area contributed by atoms with Crippen LogP contribution in [0.5, 0.6) is 0 Å². The van der Waals surface area contributed by atoms with Gasteiger partial charge in [-0.15, -0.1) is 0 Å². The van der Waals surface area contributed by atoms with E-state index < -0.39 is 0 Å². The van der Waals surface area contributed by atoms with Gasteiger partial charge in [-0.05, 0) is 41.8 Å². The van der Waals surface area contributed by atoms with Crippen molar-refractivity contribution in [3.8, 4) is 0 Å². The van der Waals surface area contributed by atoms with Gasteiger partial charge in [0.15, 0.2) is 0 Å². The van der Waals surface area contributed by atoms with Crippen LogP contribution in [0.4, 0.5) is 4.39 Å². The van der Waals surface area contributed by atoms with Crippen molar-refractivity contribution in [1.82, 2.24) is 10.4 Å². The van der Waals surface area contributed by atoms with Crippen LogP contribution in [0.3, 0.4) is 0 Å². The molecular weight excluding hydrogens is 265 g/mol. The Morgan fingerprint density at radius 1 is 1.10 bits per heavy atom. The molecule has 0 aliphatic carbocycles. The molecular formula is C17H16FN3. The Balaban J connectivity index is 1.96. The first-order valence-electron chi connectivity index (χ1n) is 6.82. The summed E-state index contributed by atoms with van der Waals surface area (Å²) < 4.78 is 13.4. The van der Waals surface area contributed by atoms with Crippen LogP contribution >= 0.6 is 0 Å². The molecule has 0 fully saturated rings. The minimum atomic E-state index is -0.257. The summed E-state index contributed by atoms with van der Waals surface area (Å²) >= 11 is 0. The fourth-order valence-electron chi connectivity index (χ4n) is 2.55. The average Bonchev–Trinajstić information content (AvgIpc) is 2.52. The van der Waals surface area contributed by atoms with Gasteiger partial charge in [-0.25, -0.2) is 4.39 Å². The number of rotatable bonds is 4. The van der Waals surface area contributed by atoms with E-state index >= 15 is 0 Å². The van der Waals surface area contributed by atoms with E-state index in [1.807, 2.05) is 36.4 Å². The number of halogens is 1. The zero-order chi connectivity index (χ0) is 14.7. The number of para-hydroxylation sites is 1. The maximum Gasteiger partial charge on any atom is 0.123 e. The zero-order valence-electron chi connectivity index (χ0n) is 11.5. The van der Waals surface area contributed by atoms with E-state index in [0.29, 0.717) is 6.42 Å². The van der Waals surface area contributed by atoms with Crippen molar-refractivity contribution in [3.63, 3.8) is 0 Å². The second-order valence-electron chi connectivity index (χ2n) is 4.97. The van der Waals surface area contributed by atoms with Gasteiger partial charge < -0.3 is 0 Å². The first kappa shape index (κ1) is 13.7. The molecule has 0 aliphatic rings. The van der Waals surface area contributed by atoms with Gasteiger partial charge in [0.2, 0.25) is 0 Å². The van der Waals surface area contributed by atoms with E-state index in [2.05, 4.69) is 10.4 Å². The molecule has 106 valence electrons. The summed E-state index contributed by atoms with van der Waals surface area (Å²) in [6.07, 6.45) is 2.46. The van der Waals surface area contributed by atoms with Gasteiger partial charge in [-0.1, -0.05) is 30.3 Å². The summed E-state index contributed by atoms with van der Waals surface area (Å²) in [5.41, 5.74) is 5.68. The Labute approximate surface area is 122 Å². The van der Waals surface area contributed by atoms with E-state index in [1.165, 1.54) is 12.1 Å². The minimum absolute atomic E-state index is 0.147. The maximum atomic E-state index is 13.4. The number of hydrogen-bond acceptors (Lipinski definition) is 3. The van der Waals surface area contributed by atoms with Crippen LogP contribution < -0.4 is 11.3 Å². The highest BCUT2D eigenvalue weighted by atomic mass is 19.1. The van der Waals surface area contributed by atoms with Crippen molar-refractivity contribution >= 4 is 10.9 Å². The fraction of sp³-hybridized carbons (Fsp3) is 0.118. The molecule has 0 bridgehead atoms. The SMILES string of the molecule is NNC(Cc1ccnc2ccccc12)c1cccc(F)c1. The molecule has 4 heteroatoms. The summed E-state index contributed by atoms with van der Waals surface area (Å²) in [5.74, 6) is 5.40. The van der Waals surface area contributed by atoms with E-state index in [4.69, 9.17) is 5.84 Å². The molecule has 0 amide bonds. The lowest BCUT2D eigenvalue weighted by Gasteiger charge is -2.17. The highest BCUT2D eigenvalue weighted by Crippen LogP contribution is 2.23. The normalized spacial score (nSPS) is 12.5. The molecule has 0 spiro atoms. The summed E-state index contributed by atoms with van der Waals surface area (Å²) in [6.45, 7) is 0. The van der Waals surface area contributed by atoms with Crippen molar-refractivity contribution in [2.75, 3.05) is 0 Å². The highest BCUT2D eigenvalue weighted by Gasteiger charge is 2.13. The molecule has 3 rings (SSSR count). The van der Waals surface area contributed by atoms with Crippen LogP contribution in [0.1, 0.15) is 17.2 Å². The molecule has 21 heavy (non-hydrogen) atoms. The molecule has 0 aliphatic heterocycles. The van der Waals surface area contributed by atoms with Gasteiger partial charge in [0.1, 0.15) is 5.82 Å². The first-order valence-corrected chi connectivity index (χ1v) is 6.82. The molecule has 3 nitrogen and oxygen atoms in total. The van der Waals surface area contributed by atoms with Crippen molar-refractivity contribution < 1.29 is 4.39 Å². The summed E-state index contributed by atoms with van der Waals surface area (Å²) in [7, 11) is 0. The van der Waals surface area contributed by atoms with Gasteiger partial charge in [0.25, 0.3) is 0 Å². The molecule has 3 aromatic rings. The predicted octanol–water partition coefficient (Wildman–Crippen LogP) is 3.12. The van der Waals surface area contributed by atoms with E-state index in [1.54, 1.807) is 12.3 Å². The van der Waals surface area contributed by atoms with Crippen molar-refractivity contribution in [2.45, 2.75) is 12.5 Å². The van der Waals surface area contributed by atoms with Crippen LogP contribution in [-0.2, 0) is 6.42 Å². The van der Waals surface area contributed by atoms with E-state index in [9.17, 15) is 4.39 Å². The summed E-state index contributed by atoms with van der Waals surface area (Å²) in [5, 5.41) is 1.09. The summed E-state index contributed by atoms with van der Waals surface area (Å²) in [6, 6.07) is 16.3. The van der Waals surface area contributed by atoms with Gasteiger partial charge >= 0.3 is 0 Å². The smallest absolute Gasteiger partial charge is 0.123 e. The quantitative estimate of drug-likeness (QED) is 0.570. The number of nitrogens with two attached hydrogens (primary N) is 1. The van der Waals surface area contributed by atoms with Crippen molar-refractivity contribution in [1.29, 1.82) is 0 Å². The number of benzene rings is 2. The Morgan fingerprint density at radius 2 is 1.95 bits per heavy atom. The number of hydrazine groups is 1. The second-order valence-corrected chi connectivity index (χ2v) is 4.97. The number of hydrogen-bond donors (Lipinski definition) is 2. The first-order chi connectivity index (χ1) is 10.3. The second kappa shape index (κ2) is 5.99. The number of nitrogens with zero attached hydrogens (tertiary/aromatic N) is 1. The number of pyridine rings is 1.